The lowest BCUT2D eigenvalue weighted by molar-refractivity contribution is -0.757. The molecule has 0 amide bonds. The summed E-state index contributed by atoms with van der Waals surface area (Å²) >= 11 is 1.50. The lowest BCUT2D eigenvalue weighted by Crippen LogP contribution is -2.14. The Kier molecular flexibility index (Phi) is 6.41. The van der Waals surface area contributed by atoms with E-state index in [0.29, 0.717) is 31.2 Å². The molecule has 1 aromatic carbocycles. The maximum absolute atomic E-state index is 12.9. The van der Waals surface area contributed by atoms with E-state index in [1.54, 1.807) is 12.1 Å². The second-order valence-corrected chi connectivity index (χ2v) is 7.85. The van der Waals surface area contributed by atoms with Crippen molar-refractivity contribution in [1.82, 2.24) is 0 Å². The van der Waals surface area contributed by atoms with Gasteiger partial charge in [-0.3, -0.25) is 9.59 Å². The number of unbranched alkanes of at least 4 members (excludes halogenated alkanes) is 1. The Morgan fingerprint density at radius 1 is 1.21 bits per heavy atom. The molecule has 0 N–H and O–H groups in total. The molecule has 0 aliphatic heterocycles. The number of carbonyl (C=O) groups is 2. The van der Waals surface area contributed by atoms with Gasteiger partial charge in [-0.05, 0) is 38.2 Å². The molecule has 1 aromatic heterocycles. The number of aryl methyl sites for hydroxylation is 1. The number of ether oxygens (including phenoxy) is 1. The molecule has 148 valence electrons. The minimum atomic E-state index is -0.834. The molecule has 0 fully saturated rings. The van der Waals surface area contributed by atoms with Crippen LogP contribution in [0.2, 0.25) is 0 Å². The highest BCUT2D eigenvalue weighted by Gasteiger charge is 2.36. The molecule has 1 heterocycles. The van der Waals surface area contributed by atoms with Crippen LogP contribution in [0.4, 0.5) is 0 Å². The predicted octanol–water partition coefficient (Wildman–Crippen LogP) is 3.85. The molecule has 0 radical (unpaired) electrons. The van der Waals surface area contributed by atoms with E-state index in [2.05, 4.69) is 4.84 Å². The maximum Gasteiger partial charge on any atom is 0.314 e. The first-order chi connectivity index (χ1) is 13.5. The molecular formula is C20H21NO6S. The molecule has 0 spiro atoms. The van der Waals surface area contributed by atoms with Crippen molar-refractivity contribution in [1.29, 1.82) is 0 Å². The molecule has 1 aliphatic carbocycles. The van der Waals surface area contributed by atoms with E-state index in [-0.39, 0.29) is 30.9 Å². The highest BCUT2D eigenvalue weighted by Crippen LogP contribution is 2.43. The van der Waals surface area contributed by atoms with Crippen LogP contribution in [-0.2, 0) is 20.8 Å². The van der Waals surface area contributed by atoms with Crippen LogP contribution < -0.4 is 0 Å². The average molecular weight is 403 g/mol. The van der Waals surface area contributed by atoms with E-state index in [9.17, 15) is 19.7 Å². The summed E-state index contributed by atoms with van der Waals surface area (Å²) in [5.41, 5.74) is 2.34. The number of esters is 1. The summed E-state index contributed by atoms with van der Waals surface area (Å²) in [5.74, 6) is -0.643. The van der Waals surface area contributed by atoms with E-state index in [4.69, 9.17) is 4.74 Å². The molecular weight excluding hydrogens is 382 g/mol. The third kappa shape index (κ3) is 4.39. The summed E-state index contributed by atoms with van der Waals surface area (Å²) in [6.45, 7) is 2.11. The number of carbonyl (C=O) groups excluding carboxylic acids is 2. The molecule has 1 atom stereocenters. The van der Waals surface area contributed by atoms with E-state index in [0.717, 1.165) is 20.9 Å². The zero-order valence-corrected chi connectivity index (χ0v) is 16.3. The molecule has 1 aliphatic rings. The number of nitrogens with zero attached hydrogens (tertiary/aromatic N) is 1. The van der Waals surface area contributed by atoms with Crippen LogP contribution >= 0.6 is 11.3 Å². The standard InChI is InChI=1S/C20H21NO6S/c1-13-17(18(22)14-7-3-2-4-8-14)15-9-10-16(19(15)28-13)20(23)26-11-5-6-12-27-21(24)25/h2-4,7-8,16H,5-6,9-12H2,1H3. The van der Waals surface area contributed by atoms with Crippen molar-refractivity contribution >= 4 is 23.1 Å². The summed E-state index contributed by atoms with van der Waals surface area (Å²) in [6.07, 6.45) is 2.27. The molecule has 1 unspecified atom stereocenters. The first-order valence-electron chi connectivity index (χ1n) is 9.15. The van der Waals surface area contributed by atoms with Gasteiger partial charge in [-0.2, -0.15) is 0 Å². The van der Waals surface area contributed by atoms with Crippen LogP contribution in [-0.4, -0.2) is 30.1 Å². The van der Waals surface area contributed by atoms with Crippen LogP contribution in [0, 0.1) is 17.0 Å². The number of rotatable bonds is 9. The van der Waals surface area contributed by atoms with Gasteiger partial charge in [0, 0.05) is 20.9 Å². The Bertz CT molecular complexity index is 876. The monoisotopic (exact) mass is 403 g/mol. The maximum atomic E-state index is 12.9. The highest BCUT2D eigenvalue weighted by molar-refractivity contribution is 7.12. The SMILES string of the molecule is Cc1sc2c(c1C(=O)c1ccccc1)CCC2C(=O)OCCCCO[N+](=O)[O-]. The van der Waals surface area contributed by atoms with Crippen molar-refractivity contribution in [3.05, 3.63) is 66.9 Å². The minimum Gasteiger partial charge on any atom is -0.465 e. The third-order valence-corrected chi connectivity index (χ3v) is 6.00. The molecule has 0 bridgehead atoms. The van der Waals surface area contributed by atoms with Crippen LogP contribution in [0.5, 0.6) is 0 Å². The van der Waals surface area contributed by atoms with E-state index < -0.39 is 5.09 Å². The number of hydrogen-bond donors (Lipinski definition) is 0. The van der Waals surface area contributed by atoms with Gasteiger partial charge in [0.2, 0.25) is 0 Å². The second kappa shape index (κ2) is 8.97. The van der Waals surface area contributed by atoms with Crippen LogP contribution in [0.25, 0.3) is 0 Å². The molecule has 7 nitrogen and oxygen atoms in total. The number of ketones is 1. The lowest BCUT2D eigenvalue weighted by Gasteiger charge is -2.10. The smallest absolute Gasteiger partial charge is 0.314 e. The van der Waals surface area contributed by atoms with Crippen molar-refractivity contribution in [3.63, 3.8) is 0 Å². The number of thiophene rings is 1. The first-order valence-corrected chi connectivity index (χ1v) is 9.96. The van der Waals surface area contributed by atoms with Gasteiger partial charge >= 0.3 is 5.97 Å². The highest BCUT2D eigenvalue weighted by atomic mass is 32.1. The Balaban J connectivity index is 1.62. The third-order valence-electron chi connectivity index (χ3n) is 4.74. The van der Waals surface area contributed by atoms with Gasteiger partial charge in [-0.15, -0.1) is 21.5 Å². The van der Waals surface area contributed by atoms with Crippen LogP contribution in [0.3, 0.4) is 0 Å². The summed E-state index contributed by atoms with van der Waals surface area (Å²) in [7, 11) is 0. The van der Waals surface area contributed by atoms with Crippen molar-refractivity contribution in [2.75, 3.05) is 13.2 Å². The van der Waals surface area contributed by atoms with E-state index in [1.165, 1.54) is 11.3 Å². The molecule has 0 saturated heterocycles. The topological polar surface area (TPSA) is 95.7 Å². The summed E-state index contributed by atoms with van der Waals surface area (Å²) in [6, 6.07) is 9.15. The van der Waals surface area contributed by atoms with Gasteiger partial charge in [0.15, 0.2) is 5.78 Å². The van der Waals surface area contributed by atoms with Gasteiger partial charge in [-0.1, -0.05) is 30.3 Å². The zero-order valence-electron chi connectivity index (χ0n) is 15.5. The molecule has 3 rings (SSSR count). The number of benzene rings is 1. The summed E-state index contributed by atoms with van der Waals surface area (Å²) in [4.78, 5) is 41.5. The predicted molar refractivity (Wildman–Crippen MR) is 103 cm³/mol. The van der Waals surface area contributed by atoms with Crippen molar-refractivity contribution < 1.29 is 24.3 Å². The molecule has 28 heavy (non-hydrogen) atoms. The Hall–Kier alpha value is -2.74. The average Bonchev–Trinajstić information content (AvgIpc) is 3.22. The molecule has 0 saturated carbocycles. The van der Waals surface area contributed by atoms with Crippen molar-refractivity contribution in [2.24, 2.45) is 0 Å². The Morgan fingerprint density at radius 3 is 2.64 bits per heavy atom. The molecule has 2 aromatic rings. The van der Waals surface area contributed by atoms with Gasteiger partial charge in [0.05, 0.1) is 19.1 Å². The van der Waals surface area contributed by atoms with Gasteiger partial charge in [0.1, 0.15) is 0 Å². The van der Waals surface area contributed by atoms with Gasteiger partial charge < -0.3 is 9.57 Å². The number of fused-ring (bicyclic) bond motifs is 1. The Morgan fingerprint density at radius 2 is 1.93 bits per heavy atom. The van der Waals surface area contributed by atoms with Crippen LogP contribution in [0.15, 0.2) is 30.3 Å². The van der Waals surface area contributed by atoms with Gasteiger partial charge in [0.25, 0.3) is 5.09 Å². The zero-order chi connectivity index (χ0) is 20.1. The van der Waals surface area contributed by atoms with Crippen molar-refractivity contribution in [3.8, 4) is 0 Å². The quantitative estimate of drug-likeness (QED) is 0.207. The first kappa shape index (κ1) is 20.0. The summed E-state index contributed by atoms with van der Waals surface area (Å²) in [5, 5.41) is 9.24. The fourth-order valence-corrected chi connectivity index (χ4v) is 4.77. The fourth-order valence-electron chi connectivity index (χ4n) is 3.43. The number of hydrogen-bond acceptors (Lipinski definition) is 7. The van der Waals surface area contributed by atoms with E-state index >= 15 is 0 Å². The molecule has 8 heteroatoms. The largest absolute Gasteiger partial charge is 0.465 e. The minimum absolute atomic E-state index is 0.00425. The van der Waals surface area contributed by atoms with Crippen LogP contribution in [0.1, 0.15) is 56.4 Å². The second-order valence-electron chi connectivity index (χ2n) is 6.59. The van der Waals surface area contributed by atoms with Gasteiger partial charge in [-0.25, -0.2) is 0 Å². The van der Waals surface area contributed by atoms with Crippen molar-refractivity contribution in [2.45, 2.75) is 38.5 Å². The fraction of sp³-hybridized carbons (Fsp3) is 0.400. The summed E-state index contributed by atoms with van der Waals surface area (Å²) < 4.78 is 5.34. The Labute approximate surface area is 166 Å². The normalized spacial score (nSPS) is 15.1. The van der Waals surface area contributed by atoms with E-state index in [1.807, 2.05) is 25.1 Å². The lowest BCUT2D eigenvalue weighted by atomic mass is 9.99.